The van der Waals surface area contributed by atoms with Gasteiger partial charge >= 0.3 is 12.1 Å². The molecule has 0 aromatic carbocycles. The van der Waals surface area contributed by atoms with Gasteiger partial charge in [-0.1, -0.05) is 74.7 Å². The summed E-state index contributed by atoms with van der Waals surface area (Å²) in [6.07, 6.45) is 4.07. The SMILES string of the molecule is CN1CCCN(C[C@@H](NC(=O)N[C@H](C(=O)N2C[C@H]3[C@@H](C2C(=O)NC(CC2CCC2)C(=O)C(N)=O)C3(C)C)C(C)(C)C)C(C)(C)C)C1=O. The zero-order chi connectivity index (χ0) is 35.2. The lowest BCUT2D eigenvalue weighted by atomic mass is 9.80. The minimum Gasteiger partial charge on any atom is -0.363 e. The first-order valence-electron chi connectivity index (χ1n) is 17.2. The van der Waals surface area contributed by atoms with Crippen LogP contribution in [0.3, 0.4) is 0 Å². The zero-order valence-electron chi connectivity index (χ0n) is 29.8. The lowest BCUT2D eigenvalue weighted by Crippen LogP contribution is -2.63. The van der Waals surface area contributed by atoms with Crippen LogP contribution in [-0.2, 0) is 19.2 Å². The monoisotopic (exact) mass is 659 g/mol. The Labute approximate surface area is 279 Å². The maximum absolute atomic E-state index is 14.4. The van der Waals surface area contributed by atoms with Crippen LogP contribution in [0.4, 0.5) is 9.59 Å². The van der Waals surface area contributed by atoms with Crippen molar-refractivity contribution in [3.63, 3.8) is 0 Å². The third kappa shape index (κ3) is 7.85. The predicted molar refractivity (Wildman–Crippen MR) is 177 cm³/mol. The first-order valence-corrected chi connectivity index (χ1v) is 17.2. The Morgan fingerprint density at radius 3 is 2.11 bits per heavy atom. The summed E-state index contributed by atoms with van der Waals surface area (Å²) in [6, 6.07) is -3.88. The summed E-state index contributed by atoms with van der Waals surface area (Å²) >= 11 is 0. The first-order chi connectivity index (χ1) is 21.6. The number of rotatable bonds is 11. The summed E-state index contributed by atoms with van der Waals surface area (Å²) in [5, 5.41) is 8.76. The molecule has 2 aliphatic carbocycles. The molecule has 13 heteroatoms. The van der Waals surface area contributed by atoms with Gasteiger partial charge in [-0.05, 0) is 46.8 Å². The molecule has 6 atom stereocenters. The smallest absolute Gasteiger partial charge is 0.319 e. The Morgan fingerprint density at radius 2 is 1.57 bits per heavy atom. The van der Waals surface area contributed by atoms with E-state index in [9.17, 15) is 28.8 Å². The van der Waals surface area contributed by atoms with Crippen molar-refractivity contribution in [3.05, 3.63) is 0 Å². The molecule has 0 bridgehead atoms. The fourth-order valence-electron chi connectivity index (χ4n) is 7.54. The molecule has 47 heavy (non-hydrogen) atoms. The van der Waals surface area contributed by atoms with E-state index in [4.69, 9.17) is 5.73 Å². The third-order valence-electron chi connectivity index (χ3n) is 11.1. The van der Waals surface area contributed by atoms with Crippen molar-refractivity contribution in [1.29, 1.82) is 0 Å². The van der Waals surface area contributed by atoms with E-state index in [0.29, 0.717) is 32.6 Å². The number of nitrogens with two attached hydrogens (primary N) is 1. The molecule has 2 unspecified atom stereocenters. The lowest BCUT2D eigenvalue weighted by molar-refractivity contribution is -0.145. The number of fused-ring (bicyclic) bond motifs is 1. The summed E-state index contributed by atoms with van der Waals surface area (Å²) in [5.41, 5.74) is 4.06. The van der Waals surface area contributed by atoms with E-state index >= 15 is 0 Å². The van der Waals surface area contributed by atoms with Gasteiger partial charge in [-0.2, -0.15) is 0 Å². The van der Waals surface area contributed by atoms with Crippen LogP contribution in [0.1, 0.15) is 87.5 Å². The molecule has 7 amide bonds. The number of hydrogen-bond acceptors (Lipinski definition) is 6. The minimum absolute atomic E-state index is 0.0808. The second-order valence-corrected chi connectivity index (χ2v) is 17.1. The van der Waals surface area contributed by atoms with Gasteiger partial charge in [-0.25, -0.2) is 9.59 Å². The van der Waals surface area contributed by atoms with Gasteiger partial charge in [-0.15, -0.1) is 0 Å². The van der Waals surface area contributed by atoms with Crippen molar-refractivity contribution in [2.75, 3.05) is 33.2 Å². The van der Waals surface area contributed by atoms with Crippen LogP contribution in [0.2, 0.25) is 0 Å². The Balaban J connectivity index is 1.51. The molecule has 0 spiro atoms. The van der Waals surface area contributed by atoms with E-state index in [2.05, 4.69) is 29.8 Å². The number of nitrogens with zero attached hydrogens (tertiary/aromatic N) is 3. The molecule has 4 aliphatic rings. The highest BCUT2D eigenvalue weighted by molar-refractivity contribution is 6.37. The Kier molecular flexibility index (Phi) is 10.3. The Hall–Kier alpha value is -3.38. The van der Waals surface area contributed by atoms with Gasteiger partial charge in [0.25, 0.3) is 5.91 Å². The van der Waals surface area contributed by atoms with Crippen molar-refractivity contribution in [1.82, 2.24) is 30.7 Å². The summed E-state index contributed by atoms with van der Waals surface area (Å²) in [6.45, 7) is 17.6. The molecule has 0 aromatic heterocycles. The van der Waals surface area contributed by atoms with Gasteiger partial charge in [0.05, 0.1) is 12.1 Å². The molecular formula is C34H57N7O6. The van der Waals surface area contributed by atoms with E-state index in [1.165, 1.54) is 0 Å². The molecule has 264 valence electrons. The van der Waals surface area contributed by atoms with Crippen LogP contribution in [0.15, 0.2) is 0 Å². The number of amides is 7. The first kappa shape index (κ1) is 36.5. The summed E-state index contributed by atoms with van der Waals surface area (Å²) < 4.78 is 0. The van der Waals surface area contributed by atoms with Gasteiger partial charge in [0, 0.05) is 33.2 Å². The number of urea groups is 2. The quantitative estimate of drug-likeness (QED) is 0.247. The van der Waals surface area contributed by atoms with Crippen LogP contribution in [0, 0.1) is 34.0 Å². The number of ketones is 1. The van der Waals surface area contributed by atoms with Crippen LogP contribution in [0.25, 0.3) is 0 Å². The number of likely N-dealkylation sites (tertiary alicyclic amines) is 1. The molecule has 2 aliphatic heterocycles. The number of hydrogen-bond donors (Lipinski definition) is 4. The minimum atomic E-state index is -1.09. The maximum atomic E-state index is 14.4. The topological polar surface area (TPSA) is 174 Å². The highest BCUT2D eigenvalue weighted by Crippen LogP contribution is 2.65. The molecule has 2 saturated heterocycles. The Bertz CT molecular complexity index is 1270. The Morgan fingerprint density at radius 1 is 0.936 bits per heavy atom. The number of piperidine rings is 1. The lowest BCUT2D eigenvalue weighted by Gasteiger charge is -2.41. The number of primary amides is 1. The van der Waals surface area contributed by atoms with E-state index in [1.807, 2.05) is 41.5 Å². The standard InChI is InChI=1S/C34H57N7O6/c1-32(2,3)22(18-40-15-11-14-39(9)31(40)47)37-30(46)38-26(33(4,5)6)29(45)41-17-20-23(34(20,7)8)24(41)28(44)36-21(25(42)27(35)43)16-19-12-10-13-19/h19-24,26H,10-18H2,1-9H3,(H2,35,43)(H,36,44)(H2,37,38,46)/t20-,21?,22+,23-,24?,26+/m0/s1. The van der Waals surface area contributed by atoms with Gasteiger partial charge in [0.15, 0.2) is 0 Å². The van der Waals surface area contributed by atoms with Crippen molar-refractivity contribution in [3.8, 4) is 0 Å². The molecule has 0 aromatic rings. The molecule has 4 fully saturated rings. The average Bonchev–Trinajstić information content (AvgIpc) is 3.25. The van der Waals surface area contributed by atoms with Crippen molar-refractivity contribution < 1.29 is 28.8 Å². The van der Waals surface area contributed by atoms with Crippen molar-refractivity contribution >= 4 is 35.6 Å². The number of carbonyl (C=O) groups is 6. The average molecular weight is 660 g/mol. The van der Waals surface area contributed by atoms with Crippen LogP contribution >= 0.6 is 0 Å². The largest absolute Gasteiger partial charge is 0.363 e. The molecule has 2 heterocycles. The zero-order valence-corrected chi connectivity index (χ0v) is 29.8. The molecule has 5 N–H and O–H groups in total. The number of nitrogens with one attached hydrogen (secondary N) is 3. The highest BCUT2D eigenvalue weighted by atomic mass is 16.2. The van der Waals surface area contributed by atoms with Crippen molar-refractivity contribution in [2.45, 2.75) is 112 Å². The summed E-state index contributed by atoms with van der Waals surface area (Å²) in [7, 11) is 1.77. The highest BCUT2D eigenvalue weighted by Gasteiger charge is 2.70. The van der Waals surface area contributed by atoms with Crippen LogP contribution < -0.4 is 21.7 Å². The summed E-state index contributed by atoms with van der Waals surface area (Å²) in [5.74, 6) is -2.59. The molecule has 4 rings (SSSR count). The van der Waals surface area contributed by atoms with Gasteiger partial charge in [0.2, 0.25) is 17.6 Å². The second-order valence-electron chi connectivity index (χ2n) is 17.1. The number of Topliss-reactive ketones (excluding diaryl/α,β-unsaturated/α-hetero) is 1. The fourth-order valence-corrected chi connectivity index (χ4v) is 7.54. The molecule has 13 nitrogen and oxygen atoms in total. The number of carbonyl (C=O) groups excluding carboxylic acids is 6. The van der Waals surface area contributed by atoms with Gasteiger partial charge in [-0.3, -0.25) is 19.2 Å². The van der Waals surface area contributed by atoms with E-state index in [-0.39, 0.29) is 35.1 Å². The van der Waals surface area contributed by atoms with E-state index in [1.54, 1.807) is 21.7 Å². The third-order valence-corrected chi connectivity index (χ3v) is 11.1. The van der Waals surface area contributed by atoms with E-state index in [0.717, 1.165) is 25.7 Å². The van der Waals surface area contributed by atoms with Gasteiger partial charge in [0.1, 0.15) is 12.1 Å². The summed E-state index contributed by atoms with van der Waals surface area (Å²) in [4.78, 5) is 84.3. The van der Waals surface area contributed by atoms with Crippen LogP contribution in [0.5, 0.6) is 0 Å². The predicted octanol–water partition coefficient (Wildman–Crippen LogP) is 2.08. The van der Waals surface area contributed by atoms with Crippen molar-refractivity contribution in [2.24, 2.45) is 39.7 Å². The van der Waals surface area contributed by atoms with Crippen LogP contribution in [-0.4, -0.2) is 108 Å². The van der Waals surface area contributed by atoms with Gasteiger partial charge < -0.3 is 36.4 Å². The molecule has 0 radical (unpaired) electrons. The maximum Gasteiger partial charge on any atom is 0.319 e. The fraction of sp³-hybridized carbons (Fsp3) is 0.824. The normalized spacial score (nSPS) is 26.0. The molecule has 2 saturated carbocycles. The molecular weight excluding hydrogens is 602 g/mol. The second kappa shape index (κ2) is 13.3. The van der Waals surface area contributed by atoms with E-state index < -0.39 is 58.6 Å².